The molecule has 2 amide bonds. The minimum Gasteiger partial charge on any atom is -0.492 e. The third-order valence-corrected chi connectivity index (χ3v) is 2.53. The first-order valence-electron chi connectivity index (χ1n) is 6.06. The molecule has 1 rings (SSSR count). The Balaban J connectivity index is 2.62. The molecule has 0 unspecified atom stereocenters. The summed E-state index contributed by atoms with van der Waals surface area (Å²) >= 11 is 6.04. The summed E-state index contributed by atoms with van der Waals surface area (Å²) in [6, 6.07) is 5.12. The van der Waals surface area contributed by atoms with E-state index < -0.39 is 11.8 Å². The van der Waals surface area contributed by atoms with Crippen LogP contribution in [0.4, 0.5) is 0 Å². The van der Waals surface area contributed by atoms with Crippen LogP contribution in [0.25, 0.3) is 0 Å². The second kappa shape index (κ2) is 8.16. The Labute approximate surface area is 122 Å². The van der Waals surface area contributed by atoms with E-state index in [1.807, 2.05) is 6.92 Å². The second-order valence-corrected chi connectivity index (χ2v) is 4.22. The average Bonchev–Trinajstić information content (AvgIpc) is 2.45. The number of hydrogen-bond acceptors (Lipinski definition) is 4. The van der Waals surface area contributed by atoms with E-state index in [-0.39, 0.29) is 0 Å². The van der Waals surface area contributed by atoms with Gasteiger partial charge in [0.05, 0.1) is 17.8 Å². The predicted octanol–water partition coefficient (Wildman–Crippen LogP) is 1.32. The van der Waals surface area contributed by atoms with E-state index in [4.69, 9.17) is 16.3 Å². The van der Waals surface area contributed by atoms with Gasteiger partial charge in [0.15, 0.2) is 0 Å². The molecular weight excluding hydrogens is 282 g/mol. The zero-order chi connectivity index (χ0) is 15.0. The van der Waals surface area contributed by atoms with Gasteiger partial charge >= 0.3 is 11.8 Å². The fraction of sp³-hybridized carbons (Fsp3) is 0.308. The molecule has 1 aromatic rings. The fourth-order valence-electron chi connectivity index (χ4n) is 1.26. The van der Waals surface area contributed by atoms with Crippen LogP contribution in [0.15, 0.2) is 23.3 Å². The quantitative estimate of drug-likeness (QED) is 0.489. The summed E-state index contributed by atoms with van der Waals surface area (Å²) in [7, 11) is 1.36. The van der Waals surface area contributed by atoms with Crippen LogP contribution in [0.5, 0.6) is 5.75 Å². The van der Waals surface area contributed by atoms with Gasteiger partial charge < -0.3 is 10.1 Å². The lowest BCUT2D eigenvalue weighted by molar-refractivity contribution is -0.138. The lowest BCUT2D eigenvalue weighted by Gasteiger charge is -2.06. The van der Waals surface area contributed by atoms with Crippen molar-refractivity contribution < 1.29 is 14.3 Å². The molecule has 0 fully saturated rings. The minimum absolute atomic E-state index is 0.458. The lowest BCUT2D eigenvalue weighted by atomic mass is 10.2. The number of amides is 2. The van der Waals surface area contributed by atoms with Crippen molar-refractivity contribution >= 4 is 29.6 Å². The number of hydrazone groups is 1. The third-order valence-electron chi connectivity index (χ3n) is 2.23. The SMILES string of the molecule is CCCOc1ccc(/C=N\NC(=O)C(=O)NC)cc1Cl. The van der Waals surface area contributed by atoms with E-state index in [0.29, 0.717) is 22.9 Å². The molecule has 1 aromatic carbocycles. The summed E-state index contributed by atoms with van der Waals surface area (Å²) < 4.78 is 5.43. The molecule has 0 radical (unpaired) electrons. The molecule has 6 nitrogen and oxygen atoms in total. The molecule has 0 saturated carbocycles. The number of carbonyl (C=O) groups is 2. The highest BCUT2D eigenvalue weighted by atomic mass is 35.5. The van der Waals surface area contributed by atoms with Crippen LogP contribution >= 0.6 is 11.6 Å². The molecule has 0 bridgehead atoms. The van der Waals surface area contributed by atoms with Crippen molar-refractivity contribution in [2.24, 2.45) is 5.10 Å². The Morgan fingerprint density at radius 1 is 1.40 bits per heavy atom. The predicted molar refractivity (Wildman–Crippen MR) is 77.0 cm³/mol. The fourth-order valence-corrected chi connectivity index (χ4v) is 1.50. The molecule has 0 aliphatic rings. The van der Waals surface area contributed by atoms with E-state index >= 15 is 0 Å². The first-order chi connectivity index (χ1) is 9.58. The largest absolute Gasteiger partial charge is 0.492 e. The third kappa shape index (κ3) is 4.89. The first kappa shape index (κ1) is 16.0. The van der Waals surface area contributed by atoms with Crippen molar-refractivity contribution in [2.75, 3.05) is 13.7 Å². The average molecular weight is 298 g/mol. The van der Waals surface area contributed by atoms with Gasteiger partial charge in [0.1, 0.15) is 5.75 Å². The van der Waals surface area contributed by atoms with Crippen molar-refractivity contribution in [1.29, 1.82) is 0 Å². The highest BCUT2D eigenvalue weighted by Crippen LogP contribution is 2.24. The molecule has 0 aliphatic heterocycles. The number of rotatable bonds is 5. The van der Waals surface area contributed by atoms with Crippen LogP contribution in [0.1, 0.15) is 18.9 Å². The molecule has 0 spiro atoms. The van der Waals surface area contributed by atoms with Crippen molar-refractivity contribution in [1.82, 2.24) is 10.7 Å². The Bertz CT molecular complexity index is 518. The molecule has 2 N–H and O–H groups in total. The van der Waals surface area contributed by atoms with Crippen molar-refractivity contribution in [3.05, 3.63) is 28.8 Å². The van der Waals surface area contributed by atoms with Crippen molar-refractivity contribution in [3.63, 3.8) is 0 Å². The molecule has 0 saturated heterocycles. The molecule has 7 heteroatoms. The molecular formula is C13H16ClN3O3. The van der Waals surface area contributed by atoms with Gasteiger partial charge in [-0.1, -0.05) is 18.5 Å². The molecule has 0 atom stereocenters. The number of nitrogens with one attached hydrogen (secondary N) is 2. The van der Waals surface area contributed by atoms with Gasteiger partial charge in [-0.05, 0) is 30.2 Å². The van der Waals surface area contributed by atoms with Gasteiger partial charge in [-0.2, -0.15) is 5.10 Å². The highest BCUT2D eigenvalue weighted by molar-refractivity contribution is 6.35. The maximum Gasteiger partial charge on any atom is 0.329 e. The molecule has 0 aromatic heterocycles. The Hall–Kier alpha value is -2.08. The normalized spacial score (nSPS) is 10.3. The summed E-state index contributed by atoms with van der Waals surface area (Å²) in [5.41, 5.74) is 2.77. The maximum absolute atomic E-state index is 11.1. The van der Waals surface area contributed by atoms with E-state index in [2.05, 4.69) is 15.8 Å². The van der Waals surface area contributed by atoms with E-state index in [9.17, 15) is 9.59 Å². The highest BCUT2D eigenvalue weighted by Gasteiger charge is 2.08. The van der Waals surface area contributed by atoms with Crippen LogP contribution in [0.2, 0.25) is 5.02 Å². The lowest BCUT2D eigenvalue weighted by Crippen LogP contribution is -2.35. The van der Waals surface area contributed by atoms with Gasteiger partial charge in [0.2, 0.25) is 0 Å². The molecule has 108 valence electrons. The Morgan fingerprint density at radius 2 is 2.15 bits per heavy atom. The van der Waals surface area contributed by atoms with Crippen LogP contribution in [0.3, 0.4) is 0 Å². The number of nitrogens with zero attached hydrogens (tertiary/aromatic N) is 1. The minimum atomic E-state index is -0.835. The zero-order valence-corrected chi connectivity index (χ0v) is 12.0. The number of benzene rings is 1. The second-order valence-electron chi connectivity index (χ2n) is 3.82. The number of carbonyl (C=O) groups excluding carboxylic acids is 2. The van der Waals surface area contributed by atoms with Crippen LogP contribution in [-0.4, -0.2) is 31.7 Å². The maximum atomic E-state index is 11.1. The molecule has 0 heterocycles. The molecule has 0 aliphatic carbocycles. The number of hydrogen-bond donors (Lipinski definition) is 2. The van der Waals surface area contributed by atoms with Crippen molar-refractivity contribution in [3.8, 4) is 5.75 Å². The summed E-state index contributed by atoms with van der Waals surface area (Å²) in [5.74, 6) is -0.999. The smallest absolute Gasteiger partial charge is 0.329 e. The van der Waals surface area contributed by atoms with Gasteiger partial charge in [0.25, 0.3) is 0 Å². The zero-order valence-electron chi connectivity index (χ0n) is 11.3. The van der Waals surface area contributed by atoms with E-state index in [0.717, 1.165) is 6.42 Å². The summed E-state index contributed by atoms with van der Waals surface area (Å²) in [6.07, 6.45) is 2.28. The van der Waals surface area contributed by atoms with Gasteiger partial charge in [0, 0.05) is 7.05 Å². The first-order valence-corrected chi connectivity index (χ1v) is 6.43. The van der Waals surface area contributed by atoms with Gasteiger partial charge in [-0.3, -0.25) is 9.59 Å². The molecule has 20 heavy (non-hydrogen) atoms. The Kier molecular flexibility index (Phi) is 6.52. The van der Waals surface area contributed by atoms with Gasteiger partial charge in [-0.15, -0.1) is 0 Å². The van der Waals surface area contributed by atoms with Crippen molar-refractivity contribution in [2.45, 2.75) is 13.3 Å². The monoisotopic (exact) mass is 297 g/mol. The van der Waals surface area contributed by atoms with Crippen LogP contribution < -0.4 is 15.5 Å². The van der Waals surface area contributed by atoms with E-state index in [1.165, 1.54) is 13.3 Å². The topological polar surface area (TPSA) is 79.8 Å². The number of likely N-dealkylation sites (N-methyl/N-ethyl adjacent to an activating group) is 1. The van der Waals surface area contributed by atoms with Crippen LogP contribution in [-0.2, 0) is 9.59 Å². The summed E-state index contributed by atoms with van der Waals surface area (Å²) in [5, 5.41) is 6.30. The van der Waals surface area contributed by atoms with Crippen LogP contribution in [0, 0.1) is 0 Å². The number of halogens is 1. The van der Waals surface area contributed by atoms with Gasteiger partial charge in [-0.25, -0.2) is 5.43 Å². The van der Waals surface area contributed by atoms with E-state index in [1.54, 1.807) is 18.2 Å². The number of ether oxygens (including phenoxy) is 1. The summed E-state index contributed by atoms with van der Waals surface area (Å²) in [4.78, 5) is 22.0. The standard InChI is InChI=1S/C13H16ClN3O3/c1-3-6-20-11-5-4-9(7-10(11)14)8-16-17-13(19)12(18)15-2/h4-5,7-8H,3,6H2,1-2H3,(H,15,18)(H,17,19)/b16-8-. The Morgan fingerprint density at radius 3 is 2.75 bits per heavy atom. The summed E-state index contributed by atoms with van der Waals surface area (Å²) in [6.45, 7) is 2.60.